The van der Waals surface area contributed by atoms with E-state index in [1.807, 2.05) is 36.4 Å². The van der Waals surface area contributed by atoms with Gasteiger partial charge in [0.2, 0.25) is 0 Å². The number of nitrogens with zero attached hydrogens (tertiary/aromatic N) is 4. The molecule has 3 heterocycles. The van der Waals surface area contributed by atoms with Crippen molar-refractivity contribution in [1.29, 1.82) is 0 Å². The van der Waals surface area contributed by atoms with Crippen LogP contribution in [0.2, 0.25) is 0 Å². The molecule has 1 aromatic carbocycles. The predicted molar refractivity (Wildman–Crippen MR) is 114 cm³/mol. The van der Waals surface area contributed by atoms with Crippen molar-refractivity contribution >= 4 is 5.69 Å². The lowest BCUT2D eigenvalue weighted by Gasteiger charge is -2.26. The van der Waals surface area contributed by atoms with E-state index < -0.39 is 0 Å². The molecule has 1 fully saturated rings. The van der Waals surface area contributed by atoms with Crippen molar-refractivity contribution in [3.8, 4) is 22.6 Å². The molecule has 0 saturated carbocycles. The molecule has 0 atom stereocenters. The van der Waals surface area contributed by atoms with Gasteiger partial charge in [0.1, 0.15) is 12.4 Å². The van der Waals surface area contributed by atoms with Crippen LogP contribution in [-0.2, 0) is 4.74 Å². The first-order valence-electron chi connectivity index (χ1n) is 9.95. The van der Waals surface area contributed by atoms with Crippen LogP contribution in [0.1, 0.15) is 5.56 Å². The molecule has 0 amide bonds. The second-order valence-corrected chi connectivity index (χ2v) is 7.14. The van der Waals surface area contributed by atoms with Gasteiger partial charge in [-0.1, -0.05) is 6.07 Å². The van der Waals surface area contributed by atoms with Crippen LogP contribution in [-0.4, -0.2) is 66.2 Å². The Kier molecular flexibility index (Phi) is 6.07. The average molecular weight is 393 g/mol. The highest BCUT2D eigenvalue weighted by atomic mass is 16.5. The molecule has 1 saturated heterocycles. The molecule has 4 rings (SSSR count). The van der Waals surface area contributed by atoms with E-state index in [0.29, 0.717) is 6.61 Å². The zero-order valence-electron chi connectivity index (χ0n) is 17.0. The van der Waals surface area contributed by atoms with E-state index in [0.717, 1.165) is 66.7 Å². The maximum absolute atomic E-state index is 5.93. The van der Waals surface area contributed by atoms with E-state index >= 15 is 0 Å². The summed E-state index contributed by atoms with van der Waals surface area (Å²) in [6.45, 7) is 7.16. The van der Waals surface area contributed by atoms with Crippen molar-refractivity contribution in [2.45, 2.75) is 6.92 Å². The van der Waals surface area contributed by atoms with Crippen LogP contribution in [0, 0.1) is 6.92 Å². The molecular weight excluding hydrogens is 366 g/mol. The number of aromatic nitrogens is 3. The van der Waals surface area contributed by atoms with Crippen molar-refractivity contribution in [1.82, 2.24) is 19.7 Å². The smallest absolute Gasteiger partial charge is 0.138 e. The monoisotopic (exact) mass is 393 g/mol. The van der Waals surface area contributed by atoms with E-state index in [1.165, 1.54) is 0 Å². The van der Waals surface area contributed by atoms with E-state index in [9.17, 15) is 0 Å². The summed E-state index contributed by atoms with van der Waals surface area (Å²) in [7, 11) is 1.92. The number of aryl methyl sites for hydroxylation is 1. The van der Waals surface area contributed by atoms with E-state index in [4.69, 9.17) is 9.47 Å². The zero-order chi connectivity index (χ0) is 20.1. The molecule has 1 N–H and O–H groups in total. The normalized spacial score (nSPS) is 14.7. The number of nitrogens with one attached hydrogen (secondary N) is 1. The van der Waals surface area contributed by atoms with Crippen LogP contribution < -0.4 is 10.1 Å². The van der Waals surface area contributed by atoms with Gasteiger partial charge in [-0.3, -0.25) is 9.88 Å². The molecule has 7 heteroatoms. The van der Waals surface area contributed by atoms with E-state index in [2.05, 4.69) is 45.4 Å². The van der Waals surface area contributed by atoms with Crippen molar-refractivity contribution < 1.29 is 9.47 Å². The van der Waals surface area contributed by atoms with Gasteiger partial charge in [-0.25, -0.2) is 4.68 Å². The summed E-state index contributed by atoms with van der Waals surface area (Å²) in [5, 5.41) is 7.73. The quantitative estimate of drug-likeness (QED) is 0.666. The van der Waals surface area contributed by atoms with Gasteiger partial charge in [0.05, 0.1) is 31.3 Å². The maximum Gasteiger partial charge on any atom is 0.138 e. The van der Waals surface area contributed by atoms with Crippen LogP contribution in [0.5, 0.6) is 5.75 Å². The molecule has 152 valence electrons. The Hall–Kier alpha value is -2.90. The van der Waals surface area contributed by atoms with Gasteiger partial charge < -0.3 is 14.8 Å². The fourth-order valence-corrected chi connectivity index (χ4v) is 3.39. The minimum absolute atomic E-state index is 0.639. The lowest BCUT2D eigenvalue weighted by atomic mass is 10.1. The number of benzene rings is 1. The summed E-state index contributed by atoms with van der Waals surface area (Å²) in [6, 6.07) is 8.26. The number of anilines is 1. The molecule has 0 spiro atoms. The molecule has 0 radical (unpaired) electrons. The molecule has 0 unspecified atom stereocenters. The molecular formula is C22H27N5O2. The molecule has 0 bridgehead atoms. The SMILES string of the molecule is CNc1ccc(C)c(-n2cc(-c3cncc(OCCN4CCOCC4)c3)cn2)c1. The molecule has 7 nitrogen and oxygen atoms in total. The average Bonchev–Trinajstić information content (AvgIpc) is 3.25. The number of hydrogen-bond donors (Lipinski definition) is 1. The summed E-state index contributed by atoms with van der Waals surface area (Å²) < 4.78 is 13.2. The molecule has 3 aromatic rings. The summed E-state index contributed by atoms with van der Waals surface area (Å²) in [4.78, 5) is 6.70. The summed E-state index contributed by atoms with van der Waals surface area (Å²) in [5.74, 6) is 0.775. The Balaban J connectivity index is 1.45. The Morgan fingerprint density at radius 3 is 2.79 bits per heavy atom. The number of morpholine rings is 1. The Morgan fingerprint density at radius 1 is 1.10 bits per heavy atom. The second kappa shape index (κ2) is 9.07. The number of rotatable bonds is 7. The first-order chi connectivity index (χ1) is 14.2. The van der Waals surface area contributed by atoms with Crippen molar-refractivity contribution in [3.63, 3.8) is 0 Å². The van der Waals surface area contributed by atoms with E-state index in [1.54, 1.807) is 6.20 Å². The lowest BCUT2D eigenvalue weighted by Crippen LogP contribution is -2.38. The second-order valence-electron chi connectivity index (χ2n) is 7.14. The first kappa shape index (κ1) is 19.4. The Labute approximate surface area is 171 Å². The van der Waals surface area contributed by atoms with Gasteiger partial charge in [-0.05, 0) is 30.7 Å². The fourth-order valence-electron chi connectivity index (χ4n) is 3.39. The van der Waals surface area contributed by atoms with Gasteiger partial charge in [0.15, 0.2) is 0 Å². The first-order valence-corrected chi connectivity index (χ1v) is 9.95. The molecule has 2 aromatic heterocycles. The van der Waals surface area contributed by atoms with Crippen molar-refractivity contribution in [2.24, 2.45) is 0 Å². The van der Waals surface area contributed by atoms with Crippen LogP contribution in [0.4, 0.5) is 5.69 Å². The zero-order valence-corrected chi connectivity index (χ0v) is 17.0. The van der Waals surface area contributed by atoms with Crippen LogP contribution in [0.15, 0.2) is 49.1 Å². The highest BCUT2D eigenvalue weighted by Crippen LogP contribution is 2.25. The Bertz CT molecular complexity index is 950. The Morgan fingerprint density at radius 2 is 1.97 bits per heavy atom. The summed E-state index contributed by atoms with van der Waals surface area (Å²) in [5.41, 5.74) is 5.26. The highest BCUT2D eigenvalue weighted by molar-refractivity contribution is 5.63. The van der Waals surface area contributed by atoms with Crippen LogP contribution in [0.25, 0.3) is 16.8 Å². The third-order valence-electron chi connectivity index (χ3n) is 5.15. The van der Waals surface area contributed by atoms with Gasteiger partial charge in [-0.2, -0.15) is 5.10 Å². The predicted octanol–water partition coefficient (Wildman–Crippen LogP) is 3.00. The largest absolute Gasteiger partial charge is 0.491 e. The number of pyridine rings is 1. The minimum Gasteiger partial charge on any atom is -0.491 e. The molecule has 1 aliphatic heterocycles. The van der Waals surface area contributed by atoms with Crippen LogP contribution >= 0.6 is 0 Å². The standard InChI is InChI=1S/C22H27N5O2/c1-17-3-4-20(23-2)12-22(17)27-16-19(14-25-27)18-11-21(15-24-13-18)29-10-7-26-5-8-28-9-6-26/h3-4,11-16,23H,5-10H2,1-2H3. The van der Waals surface area contributed by atoms with Gasteiger partial charge in [-0.15, -0.1) is 0 Å². The van der Waals surface area contributed by atoms with Gasteiger partial charge in [0, 0.05) is 55.9 Å². The third-order valence-corrected chi connectivity index (χ3v) is 5.15. The van der Waals surface area contributed by atoms with Crippen molar-refractivity contribution in [2.75, 3.05) is 51.8 Å². The lowest BCUT2D eigenvalue weighted by molar-refractivity contribution is 0.0322. The summed E-state index contributed by atoms with van der Waals surface area (Å²) in [6.07, 6.45) is 7.48. The van der Waals surface area contributed by atoms with Gasteiger partial charge >= 0.3 is 0 Å². The number of hydrogen-bond acceptors (Lipinski definition) is 6. The van der Waals surface area contributed by atoms with Crippen LogP contribution in [0.3, 0.4) is 0 Å². The van der Waals surface area contributed by atoms with E-state index in [-0.39, 0.29) is 0 Å². The highest BCUT2D eigenvalue weighted by Gasteiger charge is 2.11. The topological polar surface area (TPSA) is 64.4 Å². The molecule has 29 heavy (non-hydrogen) atoms. The number of ether oxygens (including phenoxy) is 2. The summed E-state index contributed by atoms with van der Waals surface area (Å²) >= 11 is 0. The minimum atomic E-state index is 0.639. The fraction of sp³-hybridized carbons (Fsp3) is 0.364. The molecule has 0 aliphatic carbocycles. The molecule has 1 aliphatic rings. The third kappa shape index (κ3) is 4.75. The maximum atomic E-state index is 5.93. The van der Waals surface area contributed by atoms with Crippen molar-refractivity contribution in [3.05, 3.63) is 54.6 Å². The van der Waals surface area contributed by atoms with Gasteiger partial charge in [0.25, 0.3) is 0 Å².